The molecule has 1 aromatic heterocycles. The van der Waals surface area contributed by atoms with Crippen molar-refractivity contribution in [1.82, 2.24) is 9.88 Å². The Morgan fingerprint density at radius 2 is 2.00 bits per heavy atom. The van der Waals surface area contributed by atoms with Crippen LogP contribution in [0.4, 0.5) is 25.8 Å². The Bertz CT molecular complexity index is 991. The van der Waals surface area contributed by atoms with E-state index in [0.29, 0.717) is 5.56 Å². The Labute approximate surface area is 197 Å². The van der Waals surface area contributed by atoms with Gasteiger partial charge in [-0.05, 0) is 37.5 Å². The van der Waals surface area contributed by atoms with Crippen molar-refractivity contribution < 1.29 is 8.78 Å². The van der Waals surface area contributed by atoms with Gasteiger partial charge in [0.1, 0.15) is 5.69 Å². The van der Waals surface area contributed by atoms with Crippen molar-refractivity contribution in [1.29, 1.82) is 0 Å². The Balaban J connectivity index is 1.48. The Morgan fingerprint density at radius 3 is 2.70 bits per heavy atom. The molecule has 0 spiro atoms. The molecule has 0 atom stereocenters. The molecule has 2 aromatic rings. The van der Waals surface area contributed by atoms with Gasteiger partial charge in [-0.3, -0.25) is 14.9 Å². The summed E-state index contributed by atoms with van der Waals surface area (Å²) in [5.41, 5.74) is 7.92. The molecule has 10 heteroatoms. The van der Waals surface area contributed by atoms with Crippen LogP contribution in [0, 0.1) is 11.6 Å². The maximum Gasteiger partial charge on any atom is 0.175 e. The standard InChI is InChI=1S/C23H31F2N7S/c1-2-11-33-29-21-6-5-19(24)23(22(21)25)32(27)15-20(26)16-12-18(14-28-13-16)31-9-7-30(8-10-31)17-3-4-17/h5-6,12-15,17,29H,2-4,7-11,26-27H2,1H3/b20-15-. The highest BCUT2D eigenvalue weighted by Gasteiger charge is 2.31. The predicted octanol–water partition coefficient (Wildman–Crippen LogP) is 3.75. The van der Waals surface area contributed by atoms with Crippen LogP contribution in [0.25, 0.3) is 5.70 Å². The Hall–Kier alpha value is -2.56. The third-order valence-corrected chi connectivity index (χ3v) is 6.87. The fraction of sp³-hybridized carbons (Fsp3) is 0.435. The first kappa shape index (κ1) is 23.6. The molecule has 1 saturated heterocycles. The summed E-state index contributed by atoms with van der Waals surface area (Å²) >= 11 is 1.35. The van der Waals surface area contributed by atoms with E-state index < -0.39 is 11.6 Å². The summed E-state index contributed by atoms with van der Waals surface area (Å²) in [6, 6.07) is 5.24. The Kier molecular flexibility index (Phi) is 7.56. The van der Waals surface area contributed by atoms with Crippen LogP contribution in [0.3, 0.4) is 0 Å². The average molecular weight is 476 g/mol. The highest BCUT2D eigenvalue weighted by molar-refractivity contribution is 8.00. The number of rotatable bonds is 9. The third kappa shape index (κ3) is 5.69. The number of hydrogen-bond donors (Lipinski definition) is 3. The van der Waals surface area contributed by atoms with Gasteiger partial charge >= 0.3 is 0 Å². The zero-order valence-corrected chi connectivity index (χ0v) is 19.6. The van der Waals surface area contributed by atoms with E-state index >= 15 is 0 Å². The maximum absolute atomic E-state index is 14.9. The predicted molar refractivity (Wildman–Crippen MR) is 133 cm³/mol. The number of hydrogen-bond acceptors (Lipinski definition) is 8. The van der Waals surface area contributed by atoms with E-state index in [1.807, 2.05) is 19.2 Å². The average Bonchev–Trinajstić information content (AvgIpc) is 3.66. The maximum atomic E-state index is 14.9. The van der Waals surface area contributed by atoms with Gasteiger partial charge in [-0.1, -0.05) is 18.9 Å². The van der Waals surface area contributed by atoms with E-state index in [0.717, 1.165) is 55.1 Å². The van der Waals surface area contributed by atoms with E-state index in [1.165, 1.54) is 43.1 Å². The molecule has 2 aliphatic rings. The molecule has 0 amide bonds. The van der Waals surface area contributed by atoms with Gasteiger partial charge in [0.05, 0.1) is 23.3 Å². The molecule has 1 aromatic carbocycles. The van der Waals surface area contributed by atoms with Gasteiger partial charge in [-0.2, -0.15) is 0 Å². The number of nitrogens with one attached hydrogen (secondary N) is 1. The molecule has 7 nitrogen and oxygen atoms in total. The van der Waals surface area contributed by atoms with Crippen LogP contribution in [0.5, 0.6) is 0 Å². The van der Waals surface area contributed by atoms with Crippen LogP contribution in [0.2, 0.25) is 0 Å². The number of nitrogens with two attached hydrogens (primary N) is 2. The number of anilines is 3. The molecule has 5 N–H and O–H groups in total. The van der Waals surface area contributed by atoms with E-state index in [-0.39, 0.29) is 17.1 Å². The number of nitrogens with zero attached hydrogens (tertiary/aromatic N) is 4. The summed E-state index contributed by atoms with van der Waals surface area (Å²) in [4.78, 5) is 9.15. The van der Waals surface area contributed by atoms with Gasteiger partial charge < -0.3 is 15.4 Å². The molecule has 0 unspecified atom stereocenters. The molecule has 0 radical (unpaired) electrons. The summed E-state index contributed by atoms with van der Waals surface area (Å²) in [5, 5.41) is 0.886. The molecule has 33 heavy (non-hydrogen) atoms. The molecule has 0 bridgehead atoms. The summed E-state index contributed by atoms with van der Waals surface area (Å²) in [7, 11) is 0. The summed E-state index contributed by atoms with van der Waals surface area (Å²) in [5.74, 6) is 5.27. The van der Waals surface area contributed by atoms with Crippen molar-refractivity contribution >= 4 is 34.7 Å². The zero-order valence-electron chi connectivity index (χ0n) is 18.8. The largest absolute Gasteiger partial charge is 0.397 e. The molecule has 2 heterocycles. The quantitative estimate of drug-likeness (QED) is 0.219. The van der Waals surface area contributed by atoms with Crippen molar-refractivity contribution in [2.24, 2.45) is 11.6 Å². The Morgan fingerprint density at radius 1 is 1.24 bits per heavy atom. The van der Waals surface area contributed by atoms with Gasteiger partial charge in [0.15, 0.2) is 11.6 Å². The first-order valence-electron chi connectivity index (χ1n) is 11.3. The second-order valence-electron chi connectivity index (χ2n) is 8.39. The van der Waals surface area contributed by atoms with Gasteiger partial charge in [0, 0.05) is 55.9 Å². The van der Waals surface area contributed by atoms with Crippen LogP contribution in [-0.2, 0) is 0 Å². The van der Waals surface area contributed by atoms with Gasteiger partial charge in [0.2, 0.25) is 0 Å². The van der Waals surface area contributed by atoms with Gasteiger partial charge in [-0.25, -0.2) is 14.6 Å². The molecular formula is C23H31F2N7S. The topological polar surface area (TPSA) is 86.7 Å². The van der Waals surface area contributed by atoms with Crippen molar-refractivity contribution in [2.75, 3.05) is 46.6 Å². The minimum absolute atomic E-state index is 0.168. The smallest absolute Gasteiger partial charge is 0.175 e. The van der Waals surface area contributed by atoms with Gasteiger partial charge in [-0.15, -0.1) is 0 Å². The van der Waals surface area contributed by atoms with Crippen LogP contribution >= 0.6 is 11.9 Å². The van der Waals surface area contributed by atoms with E-state index in [9.17, 15) is 8.78 Å². The summed E-state index contributed by atoms with van der Waals surface area (Å²) in [6.45, 7) is 5.96. The number of aromatic nitrogens is 1. The fourth-order valence-electron chi connectivity index (χ4n) is 3.92. The zero-order chi connectivity index (χ0) is 23.4. The first-order chi connectivity index (χ1) is 16.0. The minimum Gasteiger partial charge on any atom is -0.397 e. The number of halogens is 2. The summed E-state index contributed by atoms with van der Waals surface area (Å²) < 4.78 is 32.3. The van der Waals surface area contributed by atoms with Crippen molar-refractivity contribution in [3.8, 4) is 0 Å². The van der Waals surface area contributed by atoms with Gasteiger partial charge in [0.25, 0.3) is 0 Å². The van der Waals surface area contributed by atoms with Crippen LogP contribution < -0.4 is 26.2 Å². The normalized spacial score (nSPS) is 17.3. The fourth-order valence-corrected chi connectivity index (χ4v) is 4.54. The number of benzene rings is 1. The highest BCUT2D eigenvalue weighted by atomic mass is 32.2. The van der Waals surface area contributed by atoms with Crippen LogP contribution in [0.1, 0.15) is 31.7 Å². The molecule has 1 saturated carbocycles. The molecule has 2 fully saturated rings. The lowest BCUT2D eigenvalue weighted by Gasteiger charge is -2.36. The molecule has 178 valence electrons. The van der Waals surface area contributed by atoms with Crippen molar-refractivity contribution in [3.63, 3.8) is 0 Å². The molecular weight excluding hydrogens is 444 g/mol. The molecule has 4 rings (SSSR count). The third-order valence-electron chi connectivity index (χ3n) is 5.89. The lowest BCUT2D eigenvalue weighted by molar-refractivity contribution is 0.248. The second kappa shape index (κ2) is 10.6. The first-order valence-corrected chi connectivity index (χ1v) is 12.3. The van der Waals surface area contributed by atoms with Crippen molar-refractivity contribution in [2.45, 2.75) is 32.2 Å². The molecule has 1 aliphatic heterocycles. The van der Waals surface area contributed by atoms with Crippen molar-refractivity contribution in [3.05, 3.63) is 54.0 Å². The number of piperazine rings is 1. The second-order valence-corrected chi connectivity index (χ2v) is 9.29. The minimum atomic E-state index is -0.773. The number of pyridine rings is 1. The van der Waals surface area contributed by atoms with E-state index in [4.69, 9.17) is 11.6 Å². The van der Waals surface area contributed by atoms with E-state index in [2.05, 4.69) is 19.5 Å². The van der Waals surface area contributed by atoms with Crippen LogP contribution in [-0.4, -0.2) is 47.9 Å². The number of hydrazine groups is 1. The SMILES string of the molecule is CCCSNc1ccc(F)c(N(N)/C=C(\N)c2cncc(N3CCN(C4CC4)CC3)c2)c1F. The lowest BCUT2D eigenvalue weighted by atomic mass is 10.2. The summed E-state index contributed by atoms with van der Waals surface area (Å²) in [6.07, 6.45) is 8.30. The van der Waals surface area contributed by atoms with E-state index in [1.54, 1.807) is 6.20 Å². The highest BCUT2D eigenvalue weighted by Crippen LogP contribution is 2.31. The lowest BCUT2D eigenvalue weighted by Crippen LogP contribution is -2.47. The monoisotopic (exact) mass is 475 g/mol. The van der Waals surface area contributed by atoms with Crippen LogP contribution in [0.15, 0.2) is 36.8 Å². The molecule has 1 aliphatic carbocycles.